The molecular formula is C17H24N4O2. The number of benzene rings is 1. The predicted molar refractivity (Wildman–Crippen MR) is 88.7 cm³/mol. The van der Waals surface area contributed by atoms with Crippen LogP contribution in [0.1, 0.15) is 35.6 Å². The van der Waals surface area contributed by atoms with Crippen molar-refractivity contribution < 1.29 is 9.47 Å². The number of azide groups is 1. The number of methoxy groups -OCH3 is 1. The van der Waals surface area contributed by atoms with Crippen molar-refractivity contribution in [3.8, 4) is 5.75 Å². The van der Waals surface area contributed by atoms with E-state index in [1.807, 2.05) is 12.1 Å². The number of hydrogen-bond donors (Lipinski definition) is 0. The van der Waals surface area contributed by atoms with Crippen LogP contribution < -0.4 is 4.74 Å². The Hall–Kier alpha value is -1.75. The maximum absolute atomic E-state index is 8.68. The molecule has 0 N–H and O–H groups in total. The van der Waals surface area contributed by atoms with Gasteiger partial charge in [0, 0.05) is 23.4 Å². The van der Waals surface area contributed by atoms with E-state index in [2.05, 4.69) is 21.8 Å². The third kappa shape index (κ3) is 3.44. The van der Waals surface area contributed by atoms with Gasteiger partial charge in [0.05, 0.1) is 25.9 Å². The Bertz CT molecular complexity index is 607. The van der Waals surface area contributed by atoms with E-state index >= 15 is 0 Å². The molecule has 0 saturated carbocycles. The SMILES string of the molecule is COc1ccc(C)c2c1CC(CN1CCCC1)OC2CN=[N+]=[N-]. The Morgan fingerprint density at radius 2 is 2.17 bits per heavy atom. The highest BCUT2D eigenvalue weighted by Crippen LogP contribution is 2.38. The van der Waals surface area contributed by atoms with Gasteiger partial charge in [0.15, 0.2) is 0 Å². The van der Waals surface area contributed by atoms with Crippen LogP contribution in [0.4, 0.5) is 0 Å². The van der Waals surface area contributed by atoms with Crippen molar-refractivity contribution >= 4 is 0 Å². The van der Waals surface area contributed by atoms with Crippen LogP contribution in [0.5, 0.6) is 5.75 Å². The van der Waals surface area contributed by atoms with Crippen LogP contribution >= 0.6 is 0 Å². The summed E-state index contributed by atoms with van der Waals surface area (Å²) >= 11 is 0. The zero-order valence-electron chi connectivity index (χ0n) is 13.9. The Morgan fingerprint density at radius 1 is 1.39 bits per heavy atom. The average molecular weight is 316 g/mol. The second-order valence-electron chi connectivity index (χ2n) is 6.35. The summed E-state index contributed by atoms with van der Waals surface area (Å²) in [5.74, 6) is 0.909. The number of ether oxygens (including phenoxy) is 2. The molecule has 0 aromatic heterocycles. The van der Waals surface area contributed by atoms with Gasteiger partial charge in [0.25, 0.3) is 0 Å². The van der Waals surface area contributed by atoms with Gasteiger partial charge in [0.1, 0.15) is 5.75 Å². The summed E-state index contributed by atoms with van der Waals surface area (Å²) in [4.78, 5) is 5.37. The van der Waals surface area contributed by atoms with Gasteiger partial charge < -0.3 is 14.4 Å². The number of fused-ring (bicyclic) bond motifs is 1. The van der Waals surface area contributed by atoms with Crippen molar-refractivity contribution in [3.05, 3.63) is 39.3 Å². The van der Waals surface area contributed by atoms with E-state index in [4.69, 9.17) is 15.0 Å². The normalized spacial score (nSPS) is 24.1. The summed E-state index contributed by atoms with van der Waals surface area (Å²) < 4.78 is 11.9. The first-order valence-corrected chi connectivity index (χ1v) is 8.28. The molecule has 6 heteroatoms. The lowest BCUT2D eigenvalue weighted by Gasteiger charge is -2.35. The third-order valence-corrected chi connectivity index (χ3v) is 4.83. The summed E-state index contributed by atoms with van der Waals surface area (Å²) in [7, 11) is 1.71. The second-order valence-corrected chi connectivity index (χ2v) is 6.35. The lowest BCUT2D eigenvalue weighted by Crippen LogP contribution is -2.38. The predicted octanol–water partition coefficient (Wildman–Crippen LogP) is 3.39. The lowest BCUT2D eigenvalue weighted by atomic mass is 9.89. The smallest absolute Gasteiger partial charge is 0.122 e. The first-order valence-electron chi connectivity index (χ1n) is 8.28. The monoisotopic (exact) mass is 316 g/mol. The highest BCUT2D eigenvalue weighted by molar-refractivity contribution is 5.47. The van der Waals surface area contributed by atoms with Crippen LogP contribution in [-0.2, 0) is 11.2 Å². The Kier molecular flexibility index (Phi) is 5.06. The van der Waals surface area contributed by atoms with E-state index in [1.54, 1.807) is 7.11 Å². The highest BCUT2D eigenvalue weighted by atomic mass is 16.5. The molecule has 1 aromatic rings. The molecule has 6 nitrogen and oxygen atoms in total. The van der Waals surface area contributed by atoms with Gasteiger partial charge in [-0.05, 0) is 55.6 Å². The maximum Gasteiger partial charge on any atom is 0.122 e. The lowest BCUT2D eigenvalue weighted by molar-refractivity contribution is -0.0349. The van der Waals surface area contributed by atoms with Crippen LogP contribution in [0.2, 0.25) is 0 Å². The number of aryl methyl sites for hydroxylation is 1. The van der Waals surface area contributed by atoms with Gasteiger partial charge >= 0.3 is 0 Å². The molecule has 0 radical (unpaired) electrons. The van der Waals surface area contributed by atoms with Gasteiger partial charge in [0.2, 0.25) is 0 Å². The van der Waals surface area contributed by atoms with E-state index in [0.717, 1.165) is 37.4 Å². The fraction of sp³-hybridized carbons (Fsp3) is 0.647. The molecule has 124 valence electrons. The van der Waals surface area contributed by atoms with Gasteiger partial charge in [-0.2, -0.15) is 0 Å². The van der Waals surface area contributed by atoms with Crippen molar-refractivity contribution in [1.82, 2.24) is 4.90 Å². The van der Waals surface area contributed by atoms with Crippen molar-refractivity contribution in [2.24, 2.45) is 5.11 Å². The number of nitrogens with zero attached hydrogens (tertiary/aromatic N) is 4. The highest BCUT2D eigenvalue weighted by Gasteiger charge is 2.32. The molecule has 2 aliphatic rings. The number of hydrogen-bond acceptors (Lipinski definition) is 4. The minimum absolute atomic E-state index is 0.121. The number of likely N-dealkylation sites (tertiary alicyclic amines) is 1. The summed E-state index contributed by atoms with van der Waals surface area (Å²) in [6.45, 7) is 5.64. The van der Waals surface area contributed by atoms with Crippen molar-refractivity contribution in [2.45, 2.75) is 38.4 Å². The Morgan fingerprint density at radius 3 is 2.87 bits per heavy atom. The molecule has 2 heterocycles. The fourth-order valence-electron chi connectivity index (χ4n) is 3.79. The Balaban J connectivity index is 1.89. The van der Waals surface area contributed by atoms with E-state index < -0.39 is 0 Å². The molecule has 1 aromatic carbocycles. The molecule has 1 fully saturated rings. The van der Waals surface area contributed by atoms with Crippen molar-refractivity contribution in [3.63, 3.8) is 0 Å². The topological polar surface area (TPSA) is 70.5 Å². The molecule has 0 spiro atoms. The summed E-state index contributed by atoms with van der Waals surface area (Å²) in [6, 6.07) is 4.07. The molecular weight excluding hydrogens is 292 g/mol. The van der Waals surface area contributed by atoms with Crippen LogP contribution in [-0.4, -0.2) is 44.3 Å². The molecule has 2 unspecified atom stereocenters. The third-order valence-electron chi connectivity index (χ3n) is 4.83. The molecule has 0 aliphatic carbocycles. The van der Waals surface area contributed by atoms with E-state index in [9.17, 15) is 0 Å². The second kappa shape index (κ2) is 7.21. The molecule has 2 aliphatic heterocycles. The summed E-state index contributed by atoms with van der Waals surface area (Å²) in [5, 5.41) is 3.76. The van der Waals surface area contributed by atoms with Crippen LogP contribution in [0.25, 0.3) is 10.4 Å². The molecule has 23 heavy (non-hydrogen) atoms. The van der Waals surface area contributed by atoms with E-state index in [1.165, 1.54) is 24.0 Å². The maximum atomic E-state index is 8.68. The van der Waals surface area contributed by atoms with Crippen LogP contribution in [0.15, 0.2) is 17.2 Å². The van der Waals surface area contributed by atoms with Crippen LogP contribution in [0.3, 0.4) is 0 Å². The molecule has 2 atom stereocenters. The quantitative estimate of drug-likeness (QED) is 0.475. The van der Waals surface area contributed by atoms with E-state index in [-0.39, 0.29) is 12.2 Å². The zero-order chi connectivity index (χ0) is 16.2. The fourth-order valence-corrected chi connectivity index (χ4v) is 3.79. The molecule has 1 saturated heterocycles. The van der Waals surface area contributed by atoms with E-state index in [0.29, 0.717) is 6.54 Å². The summed E-state index contributed by atoms with van der Waals surface area (Å²) in [5.41, 5.74) is 12.2. The van der Waals surface area contributed by atoms with Gasteiger partial charge in [-0.15, -0.1) is 0 Å². The van der Waals surface area contributed by atoms with Gasteiger partial charge in [-0.3, -0.25) is 0 Å². The molecule has 0 bridgehead atoms. The molecule has 0 amide bonds. The van der Waals surface area contributed by atoms with Gasteiger partial charge in [-0.25, -0.2) is 0 Å². The first kappa shape index (κ1) is 16.1. The standard InChI is InChI=1S/C17H24N4O2/c1-12-5-6-15(22-2)14-9-13(11-21-7-3-4-8-21)23-16(17(12)14)10-19-20-18/h5-6,13,16H,3-4,7-11H2,1-2H3. The van der Waals surface area contributed by atoms with Crippen molar-refractivity contribution in [2.75, 3.05) is 33.3 Å². The average Bonchev–Trinajstić information content (AvgIpc) is 3.06. The molecule has 3 rings (SSSR count). The van der Waals surface area contributed by atoms with Crippen molar-refractivity contribution in [1.29, 1.82) is 0 Å². The Labute approximate surface area is 137 Å². The van der Waals surface area contributed by atoms with Crippen LogP contribution in [0, 0.1) is 6.92 Å². The largest absolute Gasteiger partial charge is 0.496 e. The summed E-state index contributed by atoms with van der Waals surface area (Å²) in [6.07, 6.45) is 3.33. The minimum Gasteiger partial charge on any atom is -0.496 e. The number of rotatable bonds is 5. The zero-order valence-corrected chi connectivity index (χ0v) is 13.9. The van der Waals surface area contributed by atoms with Gasteiger partial charge in [-0.1, -0.05) is 11.2 Å². The minimum atomic E-state index is -0.183. The first-order chi connectivity index (χ1) is 11.2.